The van der Waals surface area contributed by atoms with Gasteiger partial charge in [0.1, 0.15) is 5.75 Å². The molecule has 0 aliphatic heterocycles. The van der Waals surface area contributed by atoms with E-state index in [1.54, 1.807) is 13.8 Å². The Balaban J connectivity index is 2.60. The minimum absolute atomic E-state index is 0.0312. The van der Waals surface area contributed by atoms with Crippen molar-refractivity contribution in [1.82, 2.24) is 4.98 Å². The smallest absolute Gasteiger partial charge is 0.304 e. The summed E-state index contributed by atoms with van der Waals surface area (Å²) in [6.07, 6.45) is 1.26. The molecule has 1 rings (SSSR count). The van der Waals surface area contributed by atoms with E-state index < -0.39 is 17.2 Å². The molecule has 0 atom stereocenters. The van der Waals surface area contributed by atoms with Gasteiger partial charge in [-0.25, -0.2) is 9.37 Å². The van der Waals surface area contributed by atoms with Crippen LogP contribution in [0.4, 0.5) is 4.39 Å². The van der Waals surface area contributed by atoms with Crippen molar-refractivity contribution in [1.29, 1.82) is 0 Å². The first kappa shape index (κ1) is 13.7. The van der Waals surface area contributed by atoms with E-state index in [2.05, 4.69) is 4.98 Å². The second-order valence-corrected chi connectivity index (χ2v) is 4.83. The third kappa shape index (κ3) is 4.56. The van der Waals surface area contributed by atoms with Crippen LogP contribution in [-0.4, -0.2) is 22.7 Å². The Bertz CT molecular complexity index is 423. The Morgan fingerprint density at radius 3 is 2.82 bits per heavy atom. The molecule has 6 heteroatoms. The highest BCUT2D eigenvalue weighted by atomic mass is 35.5. The molecular formula is C11H13ClFNO3. The largest absolute Gasteiger partial charge is 0.491 e. The minimum Gasteiger partial charge on any atom is -0.491 e. The van der Waals surface area contributed by atoms with Crippen LogP contribution in [0.1, 0.15) is 20.3 Å². The van der Waals surface area contributed by atoms with Crippen molar-refractivity contribution >= 4 is 17.6 Å². The van der Waals surface area contributed by atoms with Gasteiger partial charge in [-0.2, -0.15) is 0 Å². The molecule has 0 spiro atoms. The zero-order valence-electron chi connectivity index (χ0n) is 9.54. The lowest BCUT2D eigenvalue weighted by Crippen LogP contribution is -2.24. The number of carbonyl (C=O) groups is 1. The van der Waals surface area contributed by atoms with Crippen LogP contribution in [-0.2, 0) is 4.79 Å². The van der Waals surface area contributed by atoms with E-state index in [4.69, 9.17) is 21.4 Å². The zero-order valence-corrected chi connectivity index (χ0v) is 10.3. The number of nitrogens with zero attached hydrogens (tertiary/aromatic N) is 1. The van der Waals surface area contributed by atoms with Crippen molar-refractivity contribution in [2.24, 2.45) is 5.41 Å². The van der Waals surface area contributed by atoms with Crippen molar-refractivity contribution in [2.45, 2.75) is 20.3 Å². The van der Waals surface area contributed by atoms with Crippen LogP contribution in [0.15, 0.2) is 12.3 Å². The molecule has 0 saturated heterocycles. The Morgan fingerprint density at radius 1 is 1.65 bits per heavy atom. The van der Waals surface area contributed by atoms with Gasteiger partial charge in [-0.3, -0.25) is 4.79 Å². The highest BCUT2D eigenvalue weighted by Crippen LogP contribution is 2.23. The zero-order chi connectivity index (χ0) is 13.1. The Hall–Kier alpha value is -1.36. The summed E-state index contributed by atoms with van der Waals surface area (Å²) in [5.41, 5.74) is -0.540. The van der Waals surface area contributed by atoms with Gasteiger partial charge in [-0.05, 0) is 0 Å². The predicted octanol–water partition coefficient (Wildman–Crippen LogP) is 2.75. The Morgan fingerprint density at radius 2 is 2.29 bits per heavy atom. The molecule has 0 aliphatic carbocycles. The summed E-state index contributed by atoms with van der Waals surface area (Å²) in [6.45, 7) is 3.66. The SMILES string of the molecule is CC(C)(COc1cnc(Cl)c(F)c1)CC(=O)O. The van der Waals surface area contributed by atoms with Crippen LogP contribution in [0.25, 0.3) is 0 Å². The number of hydrogen-bond acceptors (Lipinski definition) is 3. The molecule has 1 N–H and O–H groups in total. The molecule has 0 bridgehead atoms. The lowest BCUT2D eigenvalue weighted by Gasteiger charge is -2.22. The van der Waals surface area contributed by atoms with Crippen LogP contribution in [0.5, 0.6) is 5.75 Å². The summed E-state index contributed by atoms with van der Waals surface area (Å²) in [4.78, 5) is 14.2. The van der Waals surface area contributed by atoms with Gasteiger partial charge >= 0.3 is 5.97 Å². The van der Waals surface area contributed by atoms with Gasteiger partial charge in [-0.1, -0.05) is 25.4 Å². The number of pyridine rings is 1. The van der Waals surface area contributed by atoms with E-state index in [0.717, 1.165) is 6.07 Å². The van der Waals surface area contributed by atoms with Crippen molar-refractivity contribution in [2.75, 3.05) is 6.61 Å². The summed E-state index contributed by atoms with van der Waals surface area (Å²) in [5.74, 6) is -1.34. The number of carboxylic acid groups (broad SMARTS) is 1. The topological polar surface area (TPSA) is 59.4 Å². The standard InChI is InChI=1S/C11H13ClFNO3/c1-11(2,4-9(15)16)6-17-7-3-8(13)10(12)14-5-7/h3,5H,4,6H2,1-2H3,(H,15,16). The maximum absolute atomic E-state index is 13.0. The number of rotatable bonds is 5. The average Bonchev–Trinajstić information content (AvgIpc) is 2.18. The Kier molecular flexibility index (Phi) is 4.28. The molecule has 0 saturated carbocycles. The first-order valence-electron chi connectivity index (χ1n) is 4.96. The van der Waals surface area contributed by atoms with Crippen LogP contribution in [0.2, 0.25) is 5.15 Å². The molecule has 0 aliphatic rings. The van der Waals surface area contributed by atoms with Crippen molar-refractivity contribution in [3.63, 3.8) is 0 Å². The molecular weight excluding hydrogens is 249 g/mol. The van der Waals surface area contributed by atoms with E-state index in [-0.39, 0.29) is 23.9 Å². The first-order valence-corrected chi connectivity index (χ1v) is 5.33. The molecule has 0 aromatic carbocycles. The molecule has 17 heavy (non-hydrogen) atoms. The molecule has 0 radical (unpaired) electrons. The molecule has 1 aromatic rings. The first-order chi connectivity index (χ1) is 7.80. The number of hydrogen-bond donors (Lipinski definition) is 1. The highest BCUT2D eigenvalue weighted by molar-refractivity contribution is 6.29. The summed E-state index contributed by atoms with van der Waals surface area (Å²) in [6, 6.07) is 1.12. The maximum atomic E-state index is 13.0. The summed E-state index contributed by atoms with van der Waals surface area (Å²) >= 11 is 5.42. The van der Waals surface area contributed by atoms with Gasteiger partial charge in [0, 0.05) is 11.5 Å². The van der Waals surface area contributed by atoms with Gasteiger partial charge in [-0.15, -0.1) is 0 Å². The van der Waals surface area contributed by atoms with E-state index in [1.807, 2.05) is 0 Å². The van der Waals surface area contributed by atoms with Crippen LogP contribution in [0, 0.1) is 11.2 Å². The normalized spacial score (nSPS) is 11.3. The van der Waals surface area contributed by atoms with Crippen molar-refractivity contribution < 1.29 is 19.0 Å². The maximum Gasteiger partial charge on any atom is 0.304 e. The van der Waals surface area contributed by atoms with Crippen molar-refractivity contribution in [3.8, 4) is 5.75 Å². The Labute approximate surface area is 103 Å². The number of carboxylic acids is 1. The lowest BCUT2D eigenvalue weighted by molar-refractivity contribution is -0.139. The fourth-order valence-corrected chi connectivity index (χ4v) is 1.33. The van der Waals surface area contributed by atoms with Crippen molar-refractivity contribution in [3.05, 3.63) is 23.2 Å². The number of aliphatic carboxylic acids is 1. The summed E-state index contributed by atoms with van der Waals surface area (Å²) < 4.78 is 18.3. The number of aromatic nitrogens is 1. The molecule has 0 unspecified atom stereocenters. The van der Waals surface area contributed by atoms with Gasteiger partial charge < -0.3 is 9.84 Å². The van der Waals surface area contributed by atoms with Gasteiger partial charge in [0.25, 0.3) is 0 Å². The number of ether oxygens (including phenoxy) is 1. The third-order valence-electron chi connectivity index (χ3n) is 2.03. The molecule has 1 aromatic heterocycles. The van der Waals surface area contributed by atoms with E-state index in [1.165, 1.54) is 6.20 Å². The van der Waals surface area contributed by atoms with Gasteiger partial charge in [0.15, 0.2) is 11.0 Å². The summed E-state index contributed by atoms with van der Waals surface area (Å²) in [7, 11) is 0. The third-order valence-corrected chi connectivity index (χ3v) is 2.31. The fourth-order valence-electron chi connectivity index (χ4n) is 1.22. The van der Waals surface area contributed by atoms with Gasteiger partial charge in [0.05, 0.1) is 19.2 Å². The highest BCUT2D eigenvalue weighted by Gasteiger charge is 2.23. The van der Waals surface area contributed by atoms with Crippen LogP contribution < -0.4 is 4.74 Å². The lowest BCUT2D eigenvalue weighted by atomic mass is 9.91. The monoisotopic (exact) mass is 261 g/mol. The number of halogens is 2. The predicted molar refractivity (Wildman–Crippen MR) is 60.7 cm³/mol. The summed E-state index contributed by atoms with van der Waals surface area (Å²) in [5, 5.41) is 8.46. The van der Waals surface area contributed by atoms with E-state index in [9.17, 15) is 9.18 Å². The fraction of sp³-hybridized carbons (Fsp3) is 0.455. The second-order valence-electron chi connectivity index (χ2n) is 4.47. The quantitative estimate of drug-likeness (QED) is 0.828. The molecule has 94 valence electrons. The van der Waals surface area contributed by atoms with E-state index in [0.29, 0.717) is 0 Å². The molecule has 4 nitrogen and oxygen atoms in total. The molecule has 0 amide bonds. The van der Waals surface area contributed by atoms with Crippen LogP contribution in [0.3, 0.4) is 0 Å². The van der Waals surface area contributed by atoms with Crippen LogP contribution >= 0.6 is 11.6 Å². The molecule has 0 fully saturated rings. The van der Waals surface area contributed by atoms with E-state index >= 15 is 0 Å². The average molecular weight is 262 g/mol. The van der Waals surface area contributed by atoms with Gasteiger partial charge in [0.2, 0.25) is 0 Å². The minimum atomic E-state index is -0.904. The molecule has 1 heterocycles. The second kappa shape index (κ2) is 5.31.